The SMILES string of the molecule is Cc1ccc(C)c(OCc2ccc(-c3nc4c5sc6nc(C(F)(F)F)cc(C)c6c5ncn4n3)o2)c1. The lowest BCUT2D eigenvalue weighted by atomic mass is 10.1. The van der Waals surface area contributed by atoms with Crippen LogP contribution in [0.15, 0.2) is 47.1 Å². The fourth-order valence-corrected chi connectivity index (χ4v) is 5.23. The van der Waals surface area contributed by atoms with E-state index in [9.17, 15) is 13.2 Å². The Kier molecular flexibility index (Phi) is 5.01. The second-order valence-corrected chi connectivity index (χ2v) is 9.55. The third-order valence-electron chi connectivity index (χ3n) is 5.85. The Morgan fingerprint density at radius 2 is 1.86 bits per heavy atom. The molecule has 0 bridgehead atoms. The molecule has 1 aromatic carbocycles. The molecule has 0 radical (unpaired) electrons. The zero-order valence-corrected chi connectivity index (χ0v) is 20.2. The largest absolute Gasteiger partial charge is 0.485 e. The predicted molar refractivity (Wildman–Crippen MR) is 129 cm³/mol. The summed E-state index contributed by atoms with van der Waals surface area (Å²) >= 11 is 1.11. The first-order valence-electron chi connectivity index (χ1n) is 11.0. The van der Waals surface area contributed by atoms with Crippen molar-refractivity contribution in [1.29, 1.82) is 0 Å². The fraction of sp³-hybridized carbons (Fsp3) is 0.200. The molecule has 0 atom stereocenters. The molecule has 36 heavy (non-hydrogen) atoms. The van der Waals surface area contributed by atoms with Crippen molar-refractivity contribution < 1.29 is 22.3 Å². The number of aryl methyl sites for hydroxylation is 3. The van der Waals surface area contributed by atoms with Crippen LogP contribution in [0.3, 0.4) is 0 Å². The molecular formula is C25H18F3N5O2S. The van der Waals surface area contributed by atoms with Crippen LogP contribution < -0.4 is 4.74 Å². The quantitative estimate of drug-likeness (QED) is 0.264. The van der Waals surface area contributed by atoms with Crippen molar-refractivity contribution in [3.8, 4) is 17.3 Å². The minimum atomic E-state index is -4.53. The highest BCUT2D eigenvalue weighted by atomic mass is 32.1. The number of halogens is 3. The zero-order chi connectivity index (χ0) is 25.2. The van der Waals surface area contributed by atoms with E-state index in [0.717, 1.165) is 34.3 Å². The first kappa shape index (κ1) is 22.5. The van der Waals surface area contributed by atoms with Gasteiger partial charge in [0.25, 0.3) is 0 Å². The molecule has 0 aliphatic rings. The molecule has 6 rings (SSSR count). The maximum atomic E-state index is 13.3. The molecule has 182 valence electrons. The number of thiophene rings is 1. The number of alkyl halides is 3. The highest BCUT2D eigenvalue weighted by Crippen LogP contribution is 2.38. The standard InChI is InChI=1S/C25H18F3N5O2S/c1-12-4-5-13(2)17(8-12)34-10-15-6-7-16(35-15)22-31-23-21-20(29-11-33(23)32-22)19-14(3)9-18(25(26,27)28)30-24(19)36-21/h4-9,11H,10H2,1-3H3. The number of benzene rings is 1. The van der Waals surface area contributed by atoms with Gasteiger partial charge in [-0.2, -0.15) is 13.2 Å². The minimum absolute atomic E-state index is 0.242. The summed E-state index contributed by atoms with van der Waals surface area (Å²) in [6.07, 6.45) is -3.04. The van der Waals surface area contributed by atoms with Gasteiger partial charge in [-0.15, -0.1) is 16.4 Å². The van der Waals surface area contributed by atoms with E-state index in [1.807, 2.05) is 32.0 Å². The van der Waals surface area contributed by atoms with Crippen molar-refractivity contribution in [3.05, 3.63) is 70.9 Å². The molecule has 0 saturated heterocycles. The molecule has 6 aromatic rings. The highest BCUT2D eigenvalue weighted by Gasteiger charge is 2.33. The van der Waals surface area contributed by atoms with E-state index >= 15 is 0 Å². The smallest absolute Gasteiger partial charge is 0.433 e. The molecule has 0 N–H and O–H groups in total. The van der Waals surface area contributed by atoms with Crippen LogP contribution in [0.25, 0.3) is 37.7 Å². The lowest BCUT2D eigenvalue weighted by molar-refractivity contribution is -0.141. The number of hydrogen-bond donors (Lipinski definition) is 0. The number of ether oxygens (including phenoxy) is 1. The molecule has 0 amide bonds. The van der Waals surface area contributed by atoms with Crippen LogP contribution in [-0.2, 0) is 12.8 Å². The molecule has 11 heteroatoms. The maximum absolute atomic E-state index is 13.3. The van der Waals surface area contributed by atoms with Crippen molar-refractivity contribution in [3.63, 3.8) is 0 Å². The summed E-state index contributed by atoms with van der Waals surface area (Å²) < 4.78 is 53.7. The molecule has 5 aromatic heterocycles. The Labute approximate surface area is 206 Å². The van der Waals surface area contributed by atoms with Gasteiger partial charge >= 0.3 is 6.18 Å². The van der Waals surface area contributed by atoms with Crippen LogP contribution >= 0.6 is 11.3 Å². The van der Waals surface area contributed by atoms with Crippen LogP contribution in [0.5, 0.6) is 5.75 Å². The Balaban J connectivity index is 1.36. The van der Waals surface area contributed by atoms with Gasteiger partial charge in [-0.1, -0.05) is 12.1 Å². The molecule has 0 saturated carbocycles. The predicted octanol–water partition coefficient (Wildman–Crippen LogP) is 6.67. The Hall–Kier alpha value is -3.99. The molecule has 0 aliphatic carbocycles. The average molecular weight is 510 g/mol. The number of rotatable bonds is 4. The lowest BCUT2D eigenvalue weighted by Gasteiger charge is -2.08. The second-order valence-electron chi connectivity index (χ2n) is 8.55. The van der Waals surface area contributed by atoms with Gasteiger partial charge in [0, 0.05) is 5.39 Å². The summed E-state index contributed by atoms with van der Waals surface area (Å²) in [6, 6.07) is 10.6. The molecule has 5 heterocycles. The number of nitrogens with zero attached hydrogens (tertiary/aromatic N) is 5. The normalized spacial score (nSPS) is 12.3. The first-order valence-corrected chi connectivity index (χ1v) is 11.8. The monoisotopic (exact) mass is 509 g/mol. The Morgan fingerprint density at radius 3 is 2.67 bits per heavy atom. The molecule has 7 nitrogen and oxygen atoms in total. The third-order valence-corrected chi connectivity index (χ3v) is 6.92. The Morgan fingerprint density at radius 1 is 1.03 bits per heavy atom. The number of furan rings is 1. The van der Waals surface area contributed by atoms with E-state index in [1.165, 1.54) is 10.8 Å². The summed E-state index contributed by atoms with van der Waals surface area (Å²) in [6.45, 7) is 5.84. The van der Waals surface area contributed by atoms with Crippen LogP contribution in [-0.4, -0.2) is 24.6 Å². The first-order chi connectivity index (χ1) is 17.2. The topological polar surface area (TPSA) is 78.3 Å². The molecule has 0 fully saturated rings. The van der Waals surface area contributed by atoms with E-state index in [1.54, 1.807) is 19.1 Å². The van der Waals surface area contributed by atoms with Crippen molar-refractivity contribution >= 4 is 37.4 Å². The van der Waals surface area contributed by atoms with Gasteiger partial charge in [0.1, 0.15) is 39.7 Å². The van der Waals surface area contributed by atoms with E-state index < -0.39 is 11.9 Å². The van der Waals surface area contributed by atoms with Gasteiger partial charge < -0.3 is 9.15 Å². The van der Waals surface area contributed by atoms with Crippen molar-refractivity contribution in [2.24, 2.45) is 0 Å². The summed E-state index contributed by atoms with van der Waals surface area (Å²) in [7, 11) is 0. The number of hydrogen-bond acceptors (Lipinski definition) is 7. The van der Waals surface area contributed by atoms with Gasteiger partial charge in [0.15, 0.2) is 11.4 Å². The van der Waals surface area contributed by atoms with Crippen molar-refractivity contribution in [2.75, 3.05) is 0 Å². The van der Waals surface area contributed by atoms with E-state index in [2.05, 4.69) is 20.1 Å². The van der Waals surface area contributed by atoms with E-state index in [-0.39, 0.29) is 11.4 Å². The number of pyridine rings is 1. The maximum Gasteiger partial charge on any atom is 0.433 e. The van der Waals surface area contributed by atoms with Crippen molar-refractivity contribution in [2.45, 2.75) is 33.6 Å². The lowest BCUT2D eigenvalue weighted by Crippen LogP contribution is -2.07. The summed E-state index contributed by atoms with van der Waals surface area (Å²) in [4.78, 5) is 13.1. The molecule has 0 aliphatic heterocycles. The summed E-state index contributed by atoms with van der Waals surface area (Å²) in [5.74, 6) is 2.17. The summed E-state index contributed by atoms with van der Waals surface area (Å²) in [5.41, 5.74) is 2.67. The second kappa shape index (κ2) is 8.02. The third kappa shape index (κ3) is 3.76. The molecule has 0 spiro atoms. The Bertz CT molecular complexity index is 1780. The fourth-order valence-electron chi connectivity index (χ4n) is 4.05. The van der Waals surface area contributed by atoms with Crippen molar-refractivity contribution in [1.82, 2.24) is 24.6 Å². The van der Waals surface area contributed by atoms with Crippen LogP contribution in [0, 0.1) is 20.8 Å². The highest BCUT2D eigenvalue weighted by molar-refractivity contribution is 7.26. The van der Waals surface area contributed by atoms with Crippen LogP contribution in [0.4, 0.5) is 13.2 Å². The van der Waals surface area contributed by atoms with Gasteiger partial charge in [-0.05, 0) is 61.7 Å². The van der Waals surface area contributed by atoms with Gasteiger partial charge in [0.2, 0.25) is 5.82 Å². The summed E-state index contributed by atoms with van der Waals surface area (Å²) in [5, 5.41) is 5.04. The number of aromatic nitrogens is 5. The minimum Gasteiger partial charge on any atom is -0.485 e. The number of fused-ring (bicyclic) bond motifs is 5. The van der Waals surface area contributed by atoms with Crippen LogP contribution in [0.2, 0.25) is 0 Å². The van der Waals surface area contributed by atoms with Gasteiger partial charge in [-0.25, -0.2) is 19.5 Å². The van der Waals surface area contributed by atoms with Gasteiger partial charge in [0.05, 0.1) is 5.52 Å². The average Bonchev–Trinajstić information content (AvgIpc) is 3.54. The molecular weight excluding hydrogens is 491 g/mol. The zero-order valence-electron chi connectivity index (χ0n) is 19.3. The molecule has 0 unspecified atom stereocenters. The van der Waals surface area contributed by atoms with Crippen LogP contribution in [0.1, 0.15) is 28.1 Å². The van der Waals surface area contributed by atoms with Gasteiger partial charge in [-0.3, -0.25) is 0 Å². The van der Waals surface area contributed by atoms with E-state index in [0.29, 0.717) is 44.2 Å². The van der Waals surface area contributed by atoms with E-state index in [4.69, 9.17) is 9.15 Å².